The molecule has 1 heterocycles. The highest BCUT2D eigenvalue weighted by atomic mass is 16.5. The van der Waals surface area contributed by atoms with Gasteiger partial charge in [0.1, 0.15) is 11.9 Å². The number of nitrogens with zero attached hydrogens (tertiary/aromatic N) is 1. The molecule has 24 heavy (non-hydrogen) atoms. The van der Waals surface area contributed by atoms with Gasteiger partial charge in [-0.15, -0.1) is 0 Å². The van der Waals surface area contributed by atoms with Gasteiger partial charge >= 0.3 is 0 Å². The maximum atomic E-state index is 12.6. The van der Waals surface area contributed by atoms with Crippen molar-refractivity contribution < 1.29 is 19.0 Å². The maximum Gasteiger partial charge on any atom is 0.251 e. The van der Waals surface area contributed by atoms with Crippen LogP contribution in [0, 0.1) is 0 Å². The zero-order valence-corrected chi connectivity index (χ0v) is 15.2. The molecule has 0 radical (unpaired) electrons. The molecule has 0 saturated carbocycles. The Kier molecular flexibility index (Phi) is 7.06. The molecule has 1 aromatic carbocycles. The van der Waals surface area contributed by atoms with E-state index in [0.29, 0.717) is 6.61 Å². The van der Waals surface area contributed by atoms with Crippen molar-refractivity contribution in [1.29, 1.82) is 0 Å². The third-order valence-electron chi connectivity index (χ3n) is 4.68. The number of amides is 1. The Morgan fingerprint density at radius 2 is 2.00 bits per heavy atom. The van der Waals surface area contributed by atoms with Gasteiger partial charge in [0.05, 0.1) is 25.9 Å². The second kappa shape index (κ2) is 9.04. The van der Waals surface area contributed by atoms with Crippen molar-refractivity contribution in [3.05, 3.63) is 29.8 Å². The van der Waals surface area contributed by atoms with Crippen LogP contribution in [0.15, 0.2) is 24.3 Å². The van der Waals surface area contributed by atoms with Crippen LogP contribution >= 0.6 is 0 Å². The van der Waals surface area contributed by atoms with Gasteiger partial charge in [0.2, 0.25) is 0 Å². The van der Waals surface area contributed by atoms with Gasteiger partial charge in [0.15, 0.2) is 0 Å². The number of methoxy groups -OCH3 is 1. The molecule has 0 spiro atoms. The summed E-state index contributed by atoms with van der Waals surface area (Å²) in [6.45, 7) is 5.10. The summed E-state index contributed by atoms with van der Waals surface area (Å²) in [4.78, 5) is 14.3. The highest BCUT2D eigenvalue weighted by Crippen LogP contribution is 2.22. The van der Waals surface area contributed by atoms with Gasteiger partial charge in [-0.05, 0) is 50.8 Å². The maximum absolute atomic E-state index is 12.6. The van der Waals surface area contributed by atoms with E-state index in [4.69, 9.17) is 14.2 Å². The summed E-state index contributed by atoms with van der Waals surface area (Å²) >= 11 is 0. The summed E-state index contributed by atoms with van der Waals surface area (Å²) in [7, 11) is 3.46. The van der Waals surface area contributed by atoms with Crippen LogP contribution < -0.4 is 4.74 Å². The predicted octanol–water partition coefficient (Wildman–Crippen LogP) is 3.19. The zero-order valence-electron chi connectivity index (χ0n) is 15.2. The van der Waals surface area contributed by atoms with Crippen molar-refractivity contribution in [3.63, 3.8) is 0 Å². The number of ether oxygens (including phenoxy) is 3. The van der Waals surface area contributed by atoms with Gasteiger partial charge in [0.25, 0.3) is 5.91 Å². The molecule has 3 unspecified atom stereocenters. The summed E-state index contributed by atoms with van der Waals surface area (Å²) in [6.07, 6.45) is 2.95. The second-order valence-corrected chi connectivity index (χ2v) is 6.36. The first kappa shape index (κ1) is 18.7. The highest BCUT2D eigenvalue weighted by molar-refractivity contribution is 5.80. The standard InChI is InChI=1S/C19H29NO4/c1-14(16-8-10-17(22-4)11-9-16)20(3)19(21)15(2)24-13-18-7-5-6-12-23-18/h8-11,14-15,18H,5-7,12-13H2,1-4H3. The molecular formula is C19H29NO4. The molecule has 5 nitrogen and oxygen atoms in total. The van der Waals surface area contributed by atoms with Crippen LogP contribution in [-0.2, 0) is 14.3 Å². The van der Waals surface area contributed by atoms with Crippen LogP contribution in [0.25, 0.3) is 0 Å². The number of rotatable bonds is 7. The molecule has 1 aromatic rings. The molecule has 1 aliphatic rings. The molecule has 1 saturated heterocycles. The fourth-order valence-electron chi connectivity index (χ4n) is 2.85. The molecule has 5 heteroatoms. The number of hydrogen-bond acceptors (Lipinski definition) is 4. The first-order valence-corrected chi connectivity index (χ1v) is 8.66. The van der Waals surface area contributed by atoms with E-state index in [9.17, 15) is 4.79 Å². The Bertz CT molecular complexity index is 511. The Morgan fingerprint density at radius 3 is 2.58 bits per heavy atom. The topological polar surface area (TPSA) is 48.0 Å². The lowest BCUT2D eigenvalue weighted by Crippen LogP contribution is -2.39. The first-order chi connectivity index (χ1) is 11.5. The summed E-state index contributed by atoms with van der Waals surface area (Å²) in [5, 5.41) is 0. The minimum absolute atomic E-state index is 0.0193. The van der Waals surface area contributed by atoms with E-state index in [1.165, 1.54) is 6.42 Å². The summed E-state index contributed by atoms with van der Waals surface area (Å²) < 4.78 is 16.6. The van der Waals surface area contributed by atoms with E-state index in [1.54, 1.807) is 12.0 Å². The number of benzene rings is 1. The molecule has 0 bridgehead atoms. The Balaban J connectivity index is 1.86. The molecule has 0 aliphatic carbocycles. The van der Waals surface area contributed by atoms with E-state index in [0.717, 1.165) is 30.8 Å². The number of likely N-dealkylation sites (N-methyl/N-ethyl adjacent to an activating group) is 1. The van der Waals surface area contributed by atoms with E-state index in [2.05, 4.69) is 0 Å². The lowest BCUT2D eigenvalue weighted by molar-refractivity contribution is -0.146. The van der Waals surface area contributed by atoms with Crippen molar-refractivity contribution in [3.8, 4) is 5.75 Å². The van der Waals surface area contributed by atoms with Crippen LogP contribution in [-0.4, -0.2) is 50.4 Å². The van der Waals surface area contributed by atoms with Crippen molar-refractivity contribution in [2.45, 2.75) is 51.4 Å². The van der Waals surface area contributed by atoms with Crippen LogP contribution in [0.5, 0.6) is 5.75 Å². The Labute approximate surface area is 144 Å². The number of carbonyl (C=O) groups excluding carboxylic acids is 1. The summed E-state index contributed by atoms with van der Waals surface area (Å²) in [5.41, 5.74) is 1.06. The lowest BCUT2D eigenvalue weighted by Gasteiger charge is -2.29. The summed E-state index contributed by atoms with van der Waals surface area (Å²) in [5.74, 6) is 0.790. The third kappa shape index (κ3) is 4.95. The van der Waals surface area contributed by atoms with E-state index < -0.39 is 6.10 Å². The van der Waals surface area contributed by atoms with Crippen LogP contribution in [0.3, 0.4) is 0 Å². The molecule has 3 atom stereocenters. The number of carbonyl (C=O) groups is 1. The van der Waals surface area contributed by atoms with Crippen molar-refractivity contribution in [2.24, 2.45) is 0 Å². The normalized spacial score (nSPS) is 20.2. The Hall–Kier alpha value is -1.59. The Morgan fingerprint density at radius 1 is 1.29 bits per heavy atom. The minimum Gasteiger partial charge on any atom is -0.497 e. The zero-order chi connectivity index (χ0) is 17.5. The largest absolute Gasteiger partial charge is 0.497 e. The smallest absolute Gasteiger partial charge is 0.251 e. The third-order valence-corrected chi connectivity index (χ3v) is 4.68. The monoisotopic (exact) mass is 335 g/mol. The van der Waals surface area contributed by atoms with Gasteiger partial charge < -0.3 is 19.1 Å². The number of hydrogen-bond donors (Lipinski definition) is 0. The quantitative estimate of drug-likeness (QED) is 0.768. The van der Waals surface area contributed by atoms with Crippen molar-refractivity contribution >= 4 is 5.91 Å². The van der Waals surface area contributed by atoms with Gasteiger partial charge in [-0.25, -0.2) is 0 Å². The van der Waals surface area contributed by atoms with Gasteiger partial charge in [-0.3, -0.25) is 4.79 Å². The van der Waals surface area contributed by atoms with E-state index in [1.807, 2.05) is 45.2 Å². The van der Waals surface area contributed by atoms with Gasteiger partial charge in [-0.2, -0.15) is 0 Å². The molecular weight excluding hydrogens is 306 g/mol. The van der Waals surface area contributed by atoms with Gasteiger partial charge in [0, 0.05) is 13.7 Å². The minimum atomic E-state index is -0.471. The molecule has 134 valence electrons. The van der Waals surface area contributed by atoms with Crippen molar-refractivity contribution in [2.75, 3.05) is 27.4 Å². The summed E-state index contributed by atoms with van der Waals surface area (Å²) in [6, 6.07) is 7.75. The van der Waals surface area contributed by atoms with Crippen LogP contribution in [0.2, 0.25) is 0 Å². The average molecular weight is 335 g/mol. The van der Waals surface area contributed by atoms with Crippen LogP contribution in [0.1, 0.15) is 44.7 Å². The average Bonchev–Trinajstić information content (AvgIpc) is 2.65. The molecule has 1 fully saturated rings. The van der Waals surface area contributed by atoms with E-state index >= 15 is 0 Å². The molecule has 1 amide bonds. The second-order valence-electron chi connectivity index (χ2n) is 6.36. The van der Waals surface area contributed by atoms with Crippen LogP contribution in [0.4, 0.5) is 0 Å². The predicted molar refractivity (Wildman–Crippen MR) is 93.2 cm³/mol. The molecule has 0 N–H and O–H groups in total. The fourth-order valence-corrected chi connectivity index (χ4v) is 2.85. The SMILES string of the molecule is COc1ccc(C(C)N(C)C(=O)C(C)OCC2CCCCO2)cc1. The lowest BCUT2D eigenvalue weighted by atomic mass is 10.1. The fraction of sp³-hybridized carbons (Fsp3) is 0.632. The molecule has 0 aromatic heterocycles. The van der Waals surface area contributed by atoms with E-state index in [-0.39, 0.29) is 18.1 Å². The highest BCUT2D eigenvalue weighted by Gasteiger charge is 2.24. The molecule has 1 aliphatic heterocycles. The first-order valence-electron chi connectivity index (χ1n) is 8.66. The molecule has 2 rings (SSSR count). The van der Waals surface area contributed by atoms with Gasteiger partial charge in [-0.1, -0.05) is 12.1 Å². The van der Waals surface area contributed by atoms with Crippen molar-refractivity contribution in [1.82, 2.24) is 4.90 Å².